The summed E-state index contributed by atoms with van der Waals surface area (Å²) in [7, 11) is 3.14. The minimum absolute atomic E-state index is 0.276. The molecule has 0 spiro atoms. The number of hydrogen-bond donors (Lipinski definition) is 0. The van der Waals surface area contributed by atoms with Gasteiger partial charge in [0.2, 0.25) is 0 Å². The minimum Gasteiger partial charge on any atom is -0.373 e. The Morgan fingerprint density at radius 1 is 1.18 bits per heavy atom. The van der Waals surface area contributed by atoms with E-state index in [0.717, 1.165) is 37.0 Å². The summed E-state index contributed by atoms with van der Waals surface area (Å²) >= 11 is 0. The Hall–Kier alpha value is -1.89. The highest BCUT2D eigenvalue weighted by Crippen LogP contribution is 2.17. The zero-order valence-corrected chi connectivity index (χ0v) is 13.1. The highest BCUT2D eigenvalue weighted by molar-refractivity contribution is 5.69. The zero-order chi connectivity index (χ0) is 15.7. The maximum Gasteiger partial charge on any atom is 0.332 e. The second-order valence-corrected chi connectivity index (χ2v) is 5.97. The fraction of sp³-hybridized carbons (Fsp3) is 0.667. The molecule has 2 aromatic rings. The largest absolute Gasteiger partial charge is 0.373 e. The van der Waals surface area contributed by atoms with Crippen molar-refractivity contribution in [3.63, 3.8) is 0 Å². The van der Waals surface area contributed by atoms with Crippen molar-refractivity contribution in [2.24, 2.45) is 14.1 Å². The van der Waals surface area contributed by atoms with Crippen molar-refractivity contribution in [3.8, 4) is 0 Å². The van der Waals surface area contributed by atoms with E-state index in [-0.39, 0.29) is 11.2 Å². The molecule has 1 saturated heterocycles. The maximum absolute atomic E-state index is 12.3. The quantitative estimate of drug-likeness (QED) is 0.560. The van der Waals surface area contributed by atoms with Crippen LogP contribution in [-0.4, -0.2) is 31.4 Å². The summed E-state index contributed by atoms with van der Waals surface area (Å²) < 4.78 is 9.61. The van der Waals surface area contributed by atoms with Crippen molar-refractivity contribution in [3.05, 3.63) is 27.2 Å². The molecule has 0 radical (unpaired) electrons. The summed E-state index contributed by atoms with van der Waals surface area (Å²) in [5, 5.41) is 0. The second-order valence-electron chi connectivity index (χ2n) is 5.97. The van der Waals surface area contributed by atoms with Crippen molar-refractivity contribution < 1.29 is 4.74 Å². The molecule has 1 fully saturated rings. The highest BCUT2D eigenvalue weighted by Gasteiger charge is 2.20. The average molecular weight is 306 g/mol. The molecular formula is C15H22N4O3. The molecule has 22 heavy (non-hydrogen) atoms. The molecular weight excluding hydrogens is 284 g/mol. The molecule has 1 unspecified atom stereocenters. The summed E-state index contributed by atoms with van der Waals surface area (Å²) in [6.45, 7) is 1.69. The van der Waals surface area contributed by atoms with Gasteiger partial charge >= 0.3 is 5.69 Å². The first kappa shape index (κ1) is 15.0. The van der Waals surface area contributed by atoms with Crippen LogP contribution in [-0.2, 0) is 25.4 Å². The van der Waals surface area contributed by atoms with Crippen LogP contribution in [0, 0.1) is 0 Å². The highest BCUT2D eigenvalue weighted by atomic mass is 16.6. The molecule has 0 aromatic carbocycles. The van der Waals surface area contributed by atoms with E-state index in [9.17, 15) is 9.59 Å². The second kappa shape index (κ2) is 6.08. The number of aryl methyl sites for hydroxylation is 2. The summed E-state index contributed by atoms with van der Waals surface area (Å²) in [5.74, 6) is 0. The Morgan fingerprint density at radius 3 is 2.64 bits per heavy atom. The van der Waals surface area contributed by atoms with Gasteiger partial charge in [-0.3, -0.25) is 13.9 Å². The van der Waals surface area contributed by atoms with Crippen molar-refractivity contribution in [1.82, 2.24) is 18.7 Å². The summed E-state index contributed by atoms with van der Waals surface area (Å²) in [6.07, 6.45) is 7.85. The molecule has 3 rings (SSSR count). The van der Waals surface area contributed by atoms with E-state index in [0.29, 0.717) is 17.3 Å². The average Bonchev–Trinajstić information content (AvgIpc) is 3.24. The van der Waals surface area contributed by atoms with Crippen LogP contribution < -0.4 is 11.2 Å². The molecule has 2 aromatic heterocycles. The van der Waals surface area contributed by atoms with Crippen LogP contribution in [0.4, 0.5) is 0 Å². The van der Waals surface area contributed by atoms with Gasteiger partial charge in [0.25, 0.3) is 5.56 Å². The molecule has 0 saturated carbocycles. The molecule has 1 atom stereocenters. The van der Waals surface area contributed by atoms with Crippen molar-refractivity contribution >= 4 is 11.2 Å². The molecule has 0 amide bonds. The molecule has 3 heterocycles. The molecule has 7 heteroatoms. The van der Waals surface area contributed by atoms with Crippen molar-refractivity contribution in [2.75, 3.05) is 6.61 Å². The zero-order valence-electron chi connectivity index (χ0n) is 13.1. The lowest BCUT2D eigenvalue weighted by Crippen LogP contribution is -2.37. The third-order valence-corrected chi connectivity index (χ3v) is 4.29. The fourth-order valence-electron chi connectivity index (χ4n) is 2.81. The van der Waals surface area contributed by atoms with Crippen LogP contribution in [0.2, 0.25) is 0 Å². The predicted octanol–water partition coefficient (Wildman–Crippen LogP) is 0.783. The Kier molecular flexibility index (Phi) is 4.15. The number of aromatic nitrogens is 4. The number of epoxide rings is 1. The van der Waals surface area contributed by atoms with Gasteiger partial charge in [-0.2, -0.15) is 0 Å². The molecule has 0 aliphatic carbocycles. The Bertz CT molecular complexity index is 782. The van der Waals surface area contributed by atoms with Gasteiger partial charge < -0.3 is 9.30 Å². The van der Waals surface area contributed by atoms with Gasteiger partial charge in [0.1, 0.15) is 0 Å². The summed E-state index contributed by atoms with van der Waals surface area (Å²) in [6, 6.07) is 0. The van der Waals surface area contributed by atoms with Gasteiger partial charge in [0.15, 0.2) is 11.2 Å². The van der Waals surface area contributed by atoms with E-state index in [1.165, 1.54) is 24.5 Å². The monoisotopic (exact) mass is 306 g/mol. The fourth-order valence-corrected chi connectivity index (χ4v) is 2.81. The minimum atomic E-state index is -0.343. The van der Waals surface area contributed by atoms with Gasteiger partial charge in [0.05, 0.1) is 19.0 Å². The maximum atomic E-state index is 12.3. The van der Waals surface area contributed by atoms with E-state index in [4.69, 9.17) is 4.74 Å². The summed E-state index contributed by atoms with van der Waals surface area (Å²) in [4.78, 5) is 28.4. The van der Waals surface area contributed by atoms with Crippen molar-refractivity contribution in [2.45, 2.75) is 44.8 Å². The first-order chi connectivity index (χ1) is 10.6. The number of rotatable bonds is 7. The lowest BCUT2D eigenvalue weighted by Gasteiger charge is -2.06. The number of hydrogen-bond acceptors (Lipinski definition) is 4. The van der Waals surface area contributed by atoms with E-state index in [1.807, 2.05) is 4.57 Å². The Morgan fingerprint density at radius 2 is 1.91 bits per heavy atom. The Labute approximate surface area is 128 Å². The van der Waals surface area contributed by atoms with Gasteiger partial charge in [-0.15, -0.1) is 0 Å². The molecule has 120 valence electrons. The normalized spacial score (nSPS) is 17.3. The third kappa shape index (κ3) is 2.85. The lowest BCUT2D eigenvalue weighted by molar-refractivity contribution is 0.387. The Balaban J connectivity index is 1.66. The van der Waals surface area contributed by atoms with Crippen LogP contribution in [0.5, 0.6) is 0 Å². The topological polar surface area (TPSA) is 74.3 Å². The van der Waals surface area contributed by atoms with Crippen LogP contribution >= 0.6 is 0 Å². The summed E-state index contributed by atoms with van der Waals surface area (Å²) in [5.41, 5.74) is 0.349. The smallest absolute Gasteiger partial charge is 0.332 e. The lowest BCUT2D eigenvalue weighted by atomic mass is 10.1. The molecule has 0 bridgehead atoms. The van der Waals surface area contributed by atoms with Gasteiger partial charge in [-0.1, -0.05) is 19.3 Å². The molecule has 7 nitrogen and oxygen atoms in total. The van der Waals surface area contributed by atoms with Crippen LogP contribution in [0.15, 0.2) is 15.9 Å². The molecule has 1 aliphatic heterocycles. The number of imidazole rings is 1. The van der Waals surface area contributed by atoms with E-state index in [1.54, 1.807) is 13.4 Å². The van der Waals surface area contributed by atoms with Gasteiger partial charge in [0, 0.05) is 20.6 Å². The molecule has 0 N–H and O–H groups in total. The van der Waals surface area contributed by atoms with E-state index >= 15 is 0 Å². The standard InChI is InChI=1S/C15H22N4O3/c1-17-13-12(14(20)18(2)15(17)21)19(10-16-13)8-6-4-3-5-7-11-9-22-11/h10-11H,3-9H2,1-2H3. The number of nitrogens with zero attached hydrogens (tertiary/aromatic N) is 4. The number of ether oxygens (including phenoxy) is 1. The first-order valence-electron chi connectivity index (χ1n) is 7.82. The number of fused-ring (bicyclic) bond motifs is 1. The SMILES string of the molecule is Cn1c(=O)c2c(ncn2CCCCCCC2CO2)n(C)c1=O. The van der Waals surface area contributed by atoms with Crippen molar-refractivity contribution in [1.29, 1.82) is 0 Å². The third-order valence-electron chi connectivity index (χ3n) is 4.29. The van der Waals surface area contributed by atoms with E-state index < -0.39 is 0 Å². The number of unbranched alkanes of at least 4 members (excludes halogenated alkanes) is 3. The van der Waals surface area contributed by atoms with Crippen LogP contribution in [0.1, 0.15) is 32.1 Å². The van der Waals surface area contributed by atoms with Crippen LogP contribution in [0.25, 0.3) is 11.2 Å². The van der Waals surface area contributed by atoms with Crippen LogP contribution in [0.3, 0.4) is 0 Å². The first-order valence-corrected chi connectivity index (χ1v) is 7.82. The van der Waals surface area contributed by atoms with Gasteiger partial charge in [-0.25, -0.2) is 9.78 Å². The van der Waals surface area contributed by atoms with Gasteiger partial charge in [-0.05, 0) is 12.8 Å². The predicted molar refractivity (Wildman–Crippen MR) is 83.0 cm³/mol. The van der Waals surface area contributed by atoms with E-state index in [2.05, 4.69) is 4.98 Å². The molecule has 1 aliphatic rings.